The largest absolute Gasteiger partial charge is 0.486 e. The lowest BCUT2D eigenvalue weighted by atomic mass is 10.0. The highest BCUT2D eigenvalue weighted by molar-refractivity contribution is 7.92. The summed E-state index contributed by atoms with van der Waals surface area (Å²) >= 11 is 0. The molecule has 0 aromatic heterocycles. The van der Waals surface area contributed by atoms with Gasteiger partial charge >= 0.3 is 0 Å². The molecule has 1 atom stereocenters. The van der Waals surface area contributed by atoms with Gasteiger partial charge in [0.1, 0.15) is 13.2 Å². The first-order valence-electron chi connectivity index (χ1n) is 10.6. The van der Waals surface area contributed by atoms with Gasteiger partial charge in [0.25, 0.3) is 15.9 Å². The van der Waals surface area contributed by atoms with Gasteiger partial charge in [-0.2, -0.15) is 0 Å². The summed E-state index contributed by atoms with van der Waals surface area (Å²) < 4.78 is 39.4. The molecular weight excluding hydrogens is 440 g/mol. The Morgan fingerprint density at radius 2 is 1.64 bits per heavy atom. The Kier molecular flexibility index (Phi) is 6.29. The number of rotatable bonds is 6. The second-order valence-corrected chi connectivity index (χ2v) is 9.68. The van der Waals surface area contributed by atoms with Crippen LogP contribution in [-0.2, 0) is 10.0 Å². The Hall–Kier alpha value is -3.52. The van der Waals surface area contributed by atoms with E-state index in [9.17, 15) is 13.2 Å². The third-order valence-electron chi connectivity index (χ3n) is 5.57. The van der Waals surface area contributed by atoms with Crippen LogP contribution in [0.15, 0.2) is 65.6 Å². The van der Waals surface area contributed by atoms with E-state index in [1.807, 2.05) is 32.0 Å². The number of sulfonamides is 1. The summed E-state index contributed by atoms with van der Waals surface area (Å²) in [6.07, 6.45) is 0. The van der Waals surface area contributed by atoms with Crippen molar-refractivity contribution in [1.82, 2.24) is 5.32 Å². The second kappa shape index (κ2) is 9.15. The van der Waals surface area contributed by atoms with Gasteiger partial charge < -0.3 is 14.8 Å². The lowest BCUT2D eigenvalue weighted by Gasteiger charge is -2.21. The first-order chi connectivity index (χ1) is 15.7. The van der Waals surface area contributed by atoms with Crippen molar-refractivity contribution in [3.63, 3.8) is 0 Å². The van der Waals surface area contributed by atoms with Crippen LogP contribution in [0.1, 0.15) is 40.0 Å². The molecule has 0 fully saturated rings. The zero-order chi connectivity index (χ0) is 23.6. The van der Waals surface area contributed by atoms with Gasteiger partial charge in [-0.25, -0.2) is 8.42 Å². The minimum atomic E-state index is -3.78. The van der Waals surface area contributed by atoms with E-state index in [-0.39, 0.29) is 16.8 Å². The number of carbonyl (C=O) groups excluding carboxylic acids is 1. The summed E-state index contributed by atoms with van der Waals surface area (Å²) in [6.45, 7) is 6.49. The number of aryl methyl sites for hydroxylation is 1. The number of carbonyl (C=O) groups is 1. The molecule has 0 saturated heterocycles. The van der Waals surface area contributed by atoms with Crippen LogP contribution >= 0.6 is 0 Å². The van der Waals surface area contributed by atoms with E-state index >= 15 is 0 Å². The van der Waals surface area contributed by atoms with E-state index in [0.717, 1.165) is 11.1 Å². The number of ether oxygens (including phenoxy) is 2. The van der Waals surface area contributed by atoms with Crippen molar-refractivity contribution in [2.24, 2.45) is 0 Å². The summed E-state index contributed by atoms with van der Waals surface area (Å²) in [5.41, 5.74) is 3.14. The Bertz CT molecular complexity index is 1290. The molecule has 33 heavy (non-hydrogen) atoms. The maximum absolute atomic E-state index is 13.0. The SMILES string of the molecule is Cc1ccc(S(=O)(=O)Nc2cccc(C(=O)N[C@H](C)c3ccc4c(c3)OCCO4)c2C)cc1. The molecule has 0 radical (unpaired) electrons. The summed E-state index contributed by atoms with van der Waals surface area (Å²) in [5, 5.41) is 2.98. The Morgan fingerprint density at radius 1 is 0.939 bits per heavy atom. The minimum Gasteiger partial charge on any atom is -0.486 e. The molecule has 0 unspecified atom stereocenters. The molecule has 172 valence electrons. The van der Waals surface area contributed by atoms with Crippen LogP contribution in [0.25, 0.3) is 0 Å². The van der Waals surface area contributed by atoms with Crippen LogP contribution in [0.5, 0.6) is 11.5 Å². The maximum atomic E-state index is 13.0. The number of hydrogen-bond acceptors (Lipinski definition) is 5. The van der Waals surface area contributed by atoms with Crippen LogP contribution in [0.4, 0.5) is 5.69 Å². The summed E-state index contributed by atoms with van der Waals surface area (Å²) in [6, 6.07) is 16.8. The van der Waals surface area contributed by atoms with Gasteiger partial charge in [0.2, 0.25) is 0 Å². The monoisotopic (exact) mass is 466 g/mol. The highest BCUT2D eigenvalue weighted by Gasteiger charge is 2.20. The van der Waals surface area contributed by atoms with Crippen molar-refractivity contribution < 1.29 is 22.7 Å². The number of nitrogens with one attached hydrogen (secondary N) is 2. The highest BCUT2D eigenvalue weighted by Crippen LogP contribution is 2.33. The van der Waals surface area contributed by atoms with Crippen LogP contribution in [0, 0.1) is 13.8 Å². The van der Waals surface area contributed by atoms with Gasteiger partial charge in [-0.15, -0.1) is 0 Å². The van der Waals surface area contributed by atoms with Crippen molar-refractivity contribution in [3.05, 3.63) is 82.9 Å². The molecule has 0 bridgehead atoms. The predicted molar refractivity (Wildman–Crippen MR) is 126 cm³/mol. The normalized spacial score (nSPS) is 13.8. The zero-order valence-electron chi connectivity index (χ0n) is 18.7. The third kappa shape index (κ3) is 4.96. The van der Waals surface area contributed by atoms with E-state index in [1.165, 1.54) is 0 Å². The Morgan fingerprint density at radius 3 is 2.36 bits per heavy atom. The molecule has 0 spiro atoms. The van der Waals surface area contributed by atoms with Gasteiger partial charge in [0, 0.05) is 5.56 Å². The molecule has 3 aromatic rings. The van der Waals surface area contributed by atoms with E-state index in [2.05, 4.69) is 10.0 Å². The van der Waals surface area contributed by atoms with Crippen LogP contribution in [0.3, 0.4) is 0 Å². The van der Waals surface area contributed by atoms with E-state index in [4.69, 9.17) is 9.47 Å². The molecule has 1 aliphatic rings. The van der Waals surface area contributed by atoms with E-state index in [1.54, 1.807) is 49.4 Å². The zero-order valence-corrected chi connectivity index (χ0v) is 19.5. The third-order valence-corrected chi connectivity index (χ3v) is 6.95. The van der Waals surface area contributed by atoms with Gasteiger partial charge in [-0.3, -0.25) is 9.52 Å². The number of fused-ring (bicyclic) bond motifs is 1. The lowest BCUT2D eigenvalue weighted by molar-refractivity contribution is 0.0939. The van der Waals surface area contributed by atoms with Crippen molar-refractivity contribution >= 4 is 21.6 Å². The molecule has 4 rings (SSSR count). The number of anilines is 1. The minimum absolute atomic E-state index is 0.162. The van der Waals surface area contributed by atoms with Crippen molar-refractivity contribution in [2.75, 3.05) is 17.9 Å². The van der Waals surface area contributed by atoms with Crippen LogP contribution in [0.2, 0.25) is 0 Å². The van der Waals surface area contributed by atoms with Gasteiger partial charge in [-0.1, -0.05) is 29.8 Å². The van der Waals surface area contributed by atoms with Crippen LogP contribution in [-0.4, -0.2) is 27.5 Å². The molecule has 0 aliphatic carbocycles. The van der Waals surface area contributed by atoms with Crippen molar-refractivity contribution in [3.8, 4) is 11.5 Å². The highest BCUT2D eigenvalue weighted by atomic mass is 32.2. The fourth-order valence-electron chi connectivity index (χ4n) is 3.60. The van der Waals surface area contributed by atoms with Gasteiger partial charge in [0.05, 0.1) is 16.6 Å². The summed E-state index contributed by atoms with van der Waals surface area (Å²) in [7, 11) is -3.78. The van der Waals surface area contributed by atoms with Gasteiger partial charge in [0.15, 0.2) is 11.5 Å². The lowest BCUT2D eigenvalue weighted by Crippen LogP contribution is -2.28. The van der Waals surface area contributed by atoms with Crippen molar-refractivity contribution in [1.29, 1.82) is 0 Å². The molecule has 1 amide bonds. The molecule has 8 heteroatoms. The molecule has 3 aromatic carbocycles. The van der Waals surface area contributed by atoms with E-state index in [0.29, 0.717) is 41.5 Å². The summed E-state index contributed by atoms with van der Waals surface area (Å²) in [4.78, 5) is 13.2. The average Bonchev–Trinajstić information content (AvgIpc) is 2.80. The second-order valence-electron chi connectivity index (χ2n) is 7.99. The van der Waals surface area contributed by atoms with Crippen molar-refractivity contribution in [2.45, 2.75) is 31.7 Å². The number of benzene rings is 3. The fourth-order valence-corrected chi connectivity index (χ4v) is 4.72. The molecule has 0 saturated carbocycles. The predicted octanol–water partition coefficient (Wildman–Crippen LogP) is 4.37. The fraction of sp³-hybridized carbons (Fsp3) is 0.240. The molecular formula is C25H26N2O5S. The van der Waals surface area contributed by atoms with Crippen LogP contribution < -0.4 is 19.5 Å². The first kappa shape index (κ1) is 22.7. The average molecular weight is 467 g/mol. The molecule has 1 aliphatic heterocycles. The molecule has 2 N–H and O–H groups in total. The Labute approximate surface area is 193 Å². The molecule has 7 nitrogen and oxygen atoms in total. The molecule has 1 heterocycles. The van der Waals surface area contributed by atoms with E-state index < -0.39 is 10.0 Å². The number of hydrogen-bond donors (Lipinski definition) is 2. The number of amides is 1. The maximum Gasteiger partial charge on any atom is 0.261 e. The smallest absolute Gasteiger partial charge is 0.261 e. The van der Waals surface area contributed by atoms with Gasteiger partial charge in [-0.05, 0) is 68.3 Å². The Balaban J connectivity index is 1.52. The summed E-state index contributed by atoms with van der Waals surface area (Å²) in [5.74, 6) is 1.04. The topological polar surface area (TPSA) is 93.7 Å². The standard InChI is InChI=1S/C25H26N2O5S/c1-16-7-10-20(11-8-16)33(29,30)27-22-6-4-5-21(17(22)2)25(28)26-18(3)19-9-12-23-24(15-19)32-14-13-31-23/h4-12,15,18,27H,13-14H2,1-3H3,(H,26,28)/t18-/m1/s1. The first-order valence-corrected chi connectivity index (χ1v) is 12.1. The quantitative estimate of drug-likeness (QED) is 0.563.